The molecule has 0 amide bonds. The van der Waals surface area contributed by atoms with Gasteiger partial charge in [0, 0.05) is 23.3 Å². The molecule has 0 spiro atoms. The van der Waals surface area contributed by atoms with Crippen LogP contribution in [0.5, 0.6) is 0 Å². The van der Waals surface area contributed by atoms with Crippen molar-refractivity contribution in [2.45, 2.75) is 58.4 Å². The molecule has 0 fully saturated rings. The summed E-state index contributed by atoms with van der Waals surface area (Å²) in [6.07, 6.45) is 5.70. The molecule has 0 aromatic carbocycles. The van der Waals surface area contributed by atoms with Crippen LogP contribution in [0.15, 0.2) is 18.3 Å². The van der Waals surface area contributed by atoms with E-state index in [4.69, 9.17) is 0 Å². The average Bonchev–Trinajstić information content (AvgIpc) is 2.70. The summed E-state index contributed by atoms with van der Waals surface area (Å²) in [5.41, 5.74) is 3.05. The van der Waals surface area contributed by atoms with Crippen LogP contribution in [0.3, 0.4) is 0 Å². The molecule has 2 atom stereocenters. The van der Waals surface area contributed by atoms with Gasteiger partial charge in [-0.3, -0.25) is 4.98 Å². The van der Waals surface area contributed by atoms with E-state index >= 15 is 0 Å². The standard InChI is InChI=1S/C16H26N2/c1-12(11-18-16(2,3)4)10-14-8-7-13-6-5-9-17-15(13)14/h5-6,9,12,14,18H,7-8,10-11H2,1-4H3. The summed E-state index contributed by atoms with van der Waals surface area (Å²) in [6, 6.07) is 4.30. The van der Waals surface area contributed by atoms with Gasteiger partial charge in [0.2, 0.25) is 0 Å². The molecule has 0 bridgehead atoms. The van der Waals surface area contributed by atoms with Crippen LogP contribution < -0.4 is 5.32 Å². The molecule has 1 heterocycles. The van der Waals surface area contributed by atoms with E-state index in [1.54, 1.807) is 0 Å². The SMILES string of the molecule is CC(CNC(C)(C)C)CC1CCc2cccnc21. The first-order valence-corrected chi connectivity index (χ1v) is 7.14. The Labute approximate surface area is 111 Å². The van der Waals surface area contributed by atoms with Gasteiger partial charge in [-0.1, -0.05) is 13.0 Å². The maximum absolute atomic E-state index is 4.58. The monoisotopic (exact) mass is 246 g/mol. The van der Waals surface area contributed by atoms with Gasteiger partial charge < -0.3 is 5.32 Å². The van der Waals surface area contributed by atoms with Crippen LogP contribution in [-0.4, -0.2) is 17.1 Å². The van der Waals surface area contributed by atoms with Crippen molar-refractivity contribution in [1.29, 1.82) is 0 Å². The third kappa shape index (κ3) is 3.55. The van der Waals surface area contributed by atoms with Crippen molar-refractivity contribution < 1.29 is 0 Å². The van der Waals surface area contributed by atoms with Crippen LogP contribution in [0.4, 0.5) is 0 Å². The molecular formula is C16H26N2. The normalized spacial score (nSPS) is 20.8. The lowest BCUT2D eigenvalue weighted by molar-refractivity contribution is 0.356. The summed E-state index contributed by atoms with van der Waals surface area (Å²) >= 11 is 0. The maximum Gasteiger partial charge on any atom is 0.0466 e. The first-order valence-electron chi connectivity index (χ1n) is 7.14. The van der Waals surface area contributed by atoms with Crippen LogP contribution in [0, 0.1) is 5.92 Å². The number of rotatable bonds is 4. The van der Waals surface area contributed by atoms with Gasteiger partial charge >= 0.3 is 0 Å². The van der Waals surface area contributed by atoms with Gasteiger partial charge in [-0.25, -0.2) is 0 Å². The zero-order valence-corrected chi connectivity index (χ0v) is 12.2. The van der Waals surface area contributed by atoms with Crippen molar-refractivity contribution in [3.63, 3.8) is 0 Å². The molecule has 1 aliphatic carbocycles. The minimum atomic E-state index is 0.222. The second-order valence-electron chi connectivity index (χ2n) is 6.76. The van der Waals surface area contributed by atoms with E-state index < -0.39 is 0 Å². The summed E-state index contributed by atoms with van der Waals surface area (Å²) < 4.78 is 0. The number of nitrogens with zero attached hydrogens (tertiary/aromatic N) is 1. The lowest BCUT2D eigenvalue weighted by Crippen LogP contribution is -2.38. The van der Waals surface area contributed by atoms with Crippen molar-refractivity contribution in [2.24, 2.45) is 5.92 Å². The third-order valence-corrected chi connectivity index (χ3v) is 3.74. The van der Waals surface area contributed by atoms with E-state index in [9.17, 15) is 0 Å². The van der Waals surface area contributed by atoms with Crippen molar-refractivity contribution >= 4 is 0 Å². The average molecular weight is 246 g/mol. The molecule has 0 saturated carbocycles. The highest BCUT2D eigenvalue weighted by molar-refractivity contribution is 5.28. The predicted octanol–water partition coefficient (Wildman–Crippen LogP) is 3.53. The van der Waals surface area contributed by atoms with Crippen LogP contribution >= 0.6 is 0 Å². The smallest absolute Gasteiger partial charge is 0.0466 e. The number of fused-ring (bicyclic) bond motifs is 1. The van der Waals surface area contributed by atoms with Crippen molar-refractivity contribution in [2.75, 3.05) is 6.54 Å². The van der Waals surface area contributed by atoms with Crippen LogP contribution in [0.2, 0.25) is 0 Å². The molecular weight excluding hydrogens is 220 g/mol. The molecule has 2 unspecified atom stereocenters. The Morgan fingerprint density at radius 3 is 2.94 bits per heavy atom. The van der Waals surface area contributed by atoms with Gasteiger partial charge in [0.05, 0.1) is 0 Å². The largest absolute Gasteiger partial charge is 0.312 e. The van der Waals surface area contributed by atoms with E-state index in [1.807, 2.05) is 6.20 Å². The Balaban J connectivity index is 1.88. The number of hydrogen-bond donors (Lipinski definition) is 1. The Morgan fingerprint density at radius 1 is 1.44 bits per heavy atom. The number of aryl methyl sites for hydroxylation is 1. The Bertz CT molecular complexity index is 392. The van der Waals surface area contributed by atoms with Gasteiger partial charge in [0.1, 0.15) is 0 Å². The molecule has 0 radical (unpaired) electrons. The molecule has 18 heavy (non-hydrogen) atoms. The zero-order chi connectivity index (χ0) is 13.2. The van der Waals surface area contributed by atoms with E-state index in [0.29, 0.717) is 11.8 Å². The van der Waals surface area contributed by atoms with Crippen LogP contribution in [-0.2, 0) is 6.42 Å². The molecule has 2 rings (SSSR count). The second kappa shape index (κ2) is 5.40. The summed E-state index contributed by atoms with van der Waals surface area (Å²) in [5.74, 6) is 1.39. The number of nitrogens with one attached hydrogen (secondary N) is 1. The number of aromatic nitrogens is 1. The minimum absolute atomic E-state index is 0.222. The van der Waals surface area contributed by atoms with Crippen LogP contribution in [0.1, 0.15) is 57.7 Å². The van der Waals surface area contributed by atoms with E-state index in [0.717, 1.165) is 6.54 Å². The van der Waals surface area contributed by atoms with Gasteiger partial charge in [0.25, 0.3) is 0 Å². The molecule has 0 saturated heterocycles. The highest BCUT2D eigenvalue weighted by Crippen LogP contribution is 2.35. The van der Waals surface area contributed by atoms with Crippen molar-refractivity contribution in [1.82, 2.24) is 10.3 Å². The third-order valence-electron chi connectivity index (χ3n) is 3.74. The maximum atomic E-state index is 4.58. The van der Waals surface area contributed by atoms with E-state index in [2.05, 4.69) is 50.1 Å². The predicted molar refractivity (Wildman–Crippen MR) is 76.8 cm³/mol. The quantitative estimate of drug-likeness (QED) is 0.879. The van der Waals surface area contributed by atoms with Gasteiger partial charge in [0.15, 0.2) is 0 Å². The lowest BCUT2D eigenvalue weighted by atomic mass is 9.93. The van der Waals surface area contributed by atoms with E-state index in [1.165, 1.54) is 30.5 Å². The summed E-state index contributed by atoms with van der Waals surface area (Å²) in [7, 11) is 0. The fourth-order valence-corrected chi connectivity index (χ4v) is 2.78. The fourth-order valence-electron chi connectivity index (χ4n) is 2.78. The topological polar surface area (TPSA) is 24.9 Å². The Morgan fingerprint density at radius 2 is 2.22 bits per heavy atom. The second-order valence-corrected chi connectivity index (χ2v) is 6.76. The summed E-state index contributed by atoms with van der Waals surface area (Å²) in [4.78, 5) is 4.58. The molecule has 2 heteroatoms. The highest BCUT2D eigenvalue weighted by atomic mass is 14.9. The molecule has 1 N–H and O–H groups in total. The fraction of sp³-hybridized carbons (Fsp3) is 0.688. The van der Waals surface area contributed by atoms with Crippen molar-refractivity contribution in [3.05, 3.63) is 29.6 Å². The first-order chi connectivity index (χ1) is 8.46. The Kier molecular flexibility index (Phi) is 4.06. The molecule has 1 aliphatic rings. The number of pyridine rings is 1. The molecule has 1 aromatic rings. The van der Waals surface area contributed by atoms with E-state index in [-0.39, 0.29) is 5.54 Å². The highest BCUT2D eigenvalue weighted by Gasteiger charge is 2.25. The number of hydrogen-bond acceptors (Lipinski definition) is 2. The minimum Gasteiger partial charge on any atom is -0.312 e. The first kappa shape index (κ1) is 13.5. The van der Waals surface area contributed by atoms with Gasteiger partial charge in [-0.15, -0.1) is 0 Å². The molecule has 100 valence electrons. The van der Waals surface area contributed by atoms with Gasteiger partial charge in [-0.2, -0.15) is 0 Å². The molecule has 0 aliphatic heterocycles. The zero-order valence-electron chi connectivity index (χ0n) is 12.2. The molecule has 2 nitrogen and oxygen atoms in total. The van der Waals surface area contributed by atoms with Gasteiger partial charge in [-0.05, 0) is 64.1 Å². The van der Waals surface area contributed by atoms with Crippen LogP contribution in [0.25, 0.3) is 0 Å². The summed E-state index contributed by atoms with van der Waals surface area (Å²) in [6.45, 7) is 10.1. The van der Waals surface area contributed by atoms with Crippen molar-refractivity contribution in [3.8, 4) is 0 Å². The lowest BCUT2D eigenvalue weighted by Gasteiger charge is -2.24. The Hall–Kier alpha value is -0.890. The summed E-state index contributed by atoms with van der Waals surface area (Å²) in [5, 5.41) is 3.60. The molecule has 1 aromatic heterocycles.